The Bertz CT molecular complexity index is 2050. The number of amides is 3. The average molecular weight is 743 g/mol. The van der Waals surface area contributed by atoms with Crippen LogP contribution in [0.15, 0.2) is 140 Å². The van der Waals surface area contributed by atoms with E-state index < -0.39 is 60.7 Å². The molecule has 1 aliphatic rings. The van der Waals surface area contributed by atoms with E-state index in [0.717, 1.165) is 27.8 Å². The maximum Gasteiger partial charge on any atom is 0.326 e. The number of aliphatic hydroxyl groups excluding tert-OH is 1. The van der Waals surface area contributed by atoms with E-state index in [9.17, 15) is 34.5 Å². The van der Waals surface area contributed by atoms with Gasteiger partial charge in [0.15, 0.2) is 6.23 Å². The quantitative estimate of drug-likeness (QED) is 0.0770. The zero-order valence-electron chi connectivity index (χ0n) is 29.8. The molecular formula is C43H42N4O8. The number of nitrogens with zero attached hydrogens (tertiary/aromatic N) is 1. The molecule has 6 rings (SSSR count). The molecule has 0 saturated carbocycles. The van der Waals surface area contributed by atoms with Gasteiger partial charge in [-0.05, 0) is 51.9 Å². The number of aliphatic carboxylic acids is 1. The van der Waals surface area contributed by atoms with Gasteiger partial charge in [0, 0.05) is 12.8 Å². The second-order valence-electron chi connectivity index (χ2n) is 13.3. The van der Waals surface area contributed by atoms with Crippen LogP contribution in [0.25, 0.3) is 11.1 Å². The summed E-state index contributed by atoms with van der Waals surface area (Å²) in [5.74, 6) is -3.50. The van der Waals surface area contributed by atoms with Crippen molar-refractivity contribution in [1.82, 2.24) is 21.0 Å². The predicted molar refractivity (Wildman–Crippen MR) is 204 cm³/mol. The Morgan fingerprint density at radius 1 is 0.564 bits per heavy atom. The lowest BCUT2D eigenvalue weighted by atomic mass is 10.0. The number of hydroxylamine groups is 2. The number of aliphatic hydroxyl groups is 1. The molecule has 1 aliphatic heterocycles. The Kier molecular flexibility index (Phi) is 12.7. The van der Waals surface area contributed by atoms with Gasteiger partial charge in [0.05, 0.1) is 6.61 Å². The van der Waals surface area contributed by atoms with Crippen LogP contribution in [-0.4, -0.2) is 74.8 Å². The third kappa shape index (κ3) is 10.4. The highest BCUT2D eigenvalue weighted by atomic mass is 16.8. The number of nitrogens with one attached hydrogen (secondary N) is 3. The molecule has 282 valence electrons. The Labute approximate surface area is 318 Å². The molecule has 1 fully saturated rings. The largest absolute Gasteiger partial charge is 0.508 e. The number of carbonyl (C=O) groups excluding carboxylic acids is 3. The number of aromatic hydroxyl groups is 1. The second kappa shape index (κ2) is 18.1. The summed E-state index contributed by atoms with van der Waals surface area (Å²) in [4.78, 5) is 59.4. The van der Waals surface area contributed by atoms with Crippen molar-refractivity contribution in [3.05, 3.63) is 162 Å². The van der Waals surface area contributed by atoms with Crippen LogP contribution in [0, 0.1) is 0 Å². The standard InChI is InChI=1S/C43H42N4O8/c48-27-37(40(51)45-36(43(53)54)25-30-16-22-34(49)23-17-30)46-39(50)35(24-28-10-4-1-5-11-28)44-41(52)38(26-29-12-6-2-7-13-29)47-42(55-47)33-20-18-32(19-21-33)31-14-8-3-9-15-31/h1-23,35-38,42,48-49H,24-27H2,(H,44,52)(H,45,51)(H,46,50)(H,53,54)/t35-,36-,37-,38-,42+,47?/m1/s1. The molecule has 0 spiro atoms. The molecule has 1 heterocycles. The van der Waals surface area contributed by atoms with Gasteiger partial charge in [0.1, 0.15) is 29.9 Å². The van der Waals surface area contributed by atoms with Crippen LogP contribution in [0.3, 0.4) is 0 Å². The number of phenolic OH excluding ortho intramolecular Hbond substituents is 1. The number of hydrogen-bond acceptors (Lipinski definition) is 8. The van der Waals surface area contributed by atoms with Crippen LogP contribution in [0.5, 0.6) is 5.75 Å². The Morgan fingerprint density at radius 2 is 1.04 bits per heavy atom. The van der Waals surface area contributed by atoms with Crippen molar-refractivity contribution in [2.45, 2.75) is 49.7 Å². The van der Waals surface area contributed by atoms with E-state index in [-0.39, 0.29) is 25.0 Å². The fraction of sp³-hybridized carbons (Fsp3) is 0.209. The Morgan fingerprint density at radius 3 is 1.62 bits per heavy atom. The fourth-order valence-corrected chi connectivity index (χ4v) is 6.27. The van der Waals surface area contributed by atoms with Crippen molar-refractivity contribution >= 4 is 23.7 Å². The molecule has 12 nitrogen and oxygen atoms in total. The minimum atomic E-state index is -1.52. The lowest BCUT2D eigenvalue weighted by Gasteiger charge is -2.25. The highest BCUT2D eigenvalue weighted by molar-refractivity contribution is 5.94. The van der Waals surface area contributed by atoms with Crippen LogP contribution in [0.1, 0.15) is 28.5 Å². The normalized spacial score (nSPS) is 16.8. The monoisotopic (exact) mass is 742 g/mol. The molecule has 5 aromatic rings. The van der Waals surface area contributed by atoms with E-state index in [2.05, 4.69) is 16.0 Å². The first-order valence-electron chi connectivity index (χ1n) is 17.9. The maximum absolute atomic E-state index is 14.2. The van der Waals surface area contributed by atoms with Crippen molar-refractivity contribution in [2.24, 2.45) is 0 Å². The van der Waals surface area contributed by atoms with E-state index in [1.807, 2.05) is 91.0 Å². The molecule has 6 atom stereocenters. The Hall–Kier alpha value is -6.34. The summed E-state index contributed by atoms with van der Waals surface area (Å²) >= 11 is 0. The highest BCUT2D eigenvalue weighted by Gasteiger charge is 2.47. The molecule has 0 bridgehead atoms. The molecule has 55 heavy (non-hydrogen) atoms. The number of benzene rings is 5. The summed E-state index contributed by atoms with van der Waals surface area (Å²) in [6, 6.07) is 37.2. The lowest BCUT2D eigenvalue weighted by Crippen LogP contribution is -2.58. The molecule has 1 unspecified atom stereocenters. The smallest absolute Gasteiger partial charge is 0.326 e. The van der Waals surface area contributed by atoms with Gasteiger partial charge in [0.25, 0.3) is 0 Å². The maximum atomic E-state index is 14.2. The van der Waals surface area contributed by atoms with Crippen LogP contribution in [0.4, 0.5) is 0 Å². The van der Waals surface area contributed by atoms with Crippen molar-refractivity contribution in [2.75, 3.05) is 6.61 Å². The molecule has 3 amide bonds. The zero-order valence-corrected chi connectivity index (χ0v) is 29.8. The first kappa shape index (κ1) is 38.4. The van der Waals surface area contributed by atoms with Gasteiger partial charge in [-0.15, -0.1) is 5.06 Å². The summed E-state index contributed by atoms with van der Waals surface area (Å²) in [6.07, 6.45) is -0.291. The second-order valence-corrected chi connectivity index (χ2v) is 13.3. The van der Waals surface area contributed by atoms with Crippen LogP contribution >= 0.6 is 0 Å². The van der Waals surface area contributed by atoms with Gasteiger partial charge in [-0.1, -0.05) is 127 Å². The molecular weight excluding hydrogens is 700 g/mol. The number of rotatable bonds is 17. The van der Waals surface area contributed by atoms with Crippen molar-refractivity contribution in [3.63, 3.8) is 0 Å². The summed E-state index contributed by atoms with van der Waals surface area (Å²) in [5.41, 5.74) is 5.10. The third-order valence-corrected chi connectivity index (χ3v) is 9.31. The molecule has 0 radical (unpaired) electrons. The van der Waals surface area contributed by atoms with Gasteiger partial charge in [0.2, 0.25) is 17.7 Å². The van der Waals surface area contributed by atoms with Crippen molar-refractivity contribution < 1.29 is 39.3 Å². The van der Waals surface area contributed by atoms with Gasteiger partial charge in [-0.2, -0.15) is 0 Å². The van der Waals surface area contributed by atoms with Gasteiger partial charge < -0.3 is 31.3 Å². The van der Waals surface area contributed by atoms with Gasteiger partial charge in [-0.25, -0.2) is 4.79 Å². The average Bonchev–Trinajstić information content (AvgIpc) is 4.01. The molecule has 0 aromatic heterocycles. The molecule has 5 aromatic carbocycles. The molecule has 12 heteroatoms. The van der Waals surface area contributed by atoms with Crippen LogP contribution in [0.2, 0.25) is 0 Å². The van der Waals surface area contributed by atoms with E-state index in [1.165, 1.54) is 24.3 Å². The molecule has 6 N–H and O–H groups in total. The summed E-state index contributed by atoms with van der Waals surface area (Å²) in [6.45, 7) is -0.835. The number of carboxylic acids is 1. The zero-order chi connectivity index (χ0) is 38.7. The minimum Gasteiger partial charge on any atom is -0.508 e. The SMILES string of the molecule is O=C(N[C@H](Cc1ccccc1)C(=O)N[C@H](CO)C(=O)N[C@H](Cc1ccc(O)cc1)C(=O)O)[C@@H](Cc1ccccc1)N1O[C@H]1c1ccc(-c2ccccc2)cc1. The van der Waals surface area contributed by atoms with E-state index >= 15 is 0 Å². The summed E-state index contributed by atoms with van der Waals surface area (Å²) < 4.78 is 0. The minimum absolute atomic E-state index is 0.00161. The van der Waals surface area contributed by atoms with E-state index in [4.69, 9.17) is 4.84 Å². The number of phenols is 1. The summed E-state index contributed by atoms with van der Waals surface area (Å²) in [5, 5.41) is 38.9. The van der Waals surface area contributed by atoms with Crippen molar-refractivity contribution in [3.8, 4) is 16.9 Å². The highest BCUT2D eigenvalue weighted by Crippen LogP contribution is 2.40. The summed E-state index contributed by atoms with van der Waals surface area (Å²) in [7, 11) is 0. The lowest BCUT2D eigenvalue weighted by molar-refractivity contribution is -0.142. The van der Waals surface area contributed by atoms with Crippen molar-refractivity contribution in [1.29, 1.82) is 0 Å². The van der Waals surface area contributed by atoms with Gasteiger partial charge >= 0.3 is 5.97 Å². The third-order valence-electron chi connectivity index (χ3n) is 9.31. The predicted octanol–water partition coefficient (Wildman–Crippen LogP) is 3.93. The number of carboxylic acid groups (broad SMARTS) is 1. The topological polar surface area (TPSA) is 181 Å². The number of hydrogen-bond donors (Lipinski definition) is 6. The molecule has 0 aliphatic carbocycles. The Balaban J connectivity index is 1.18. The molecule has 1 saturated heterocycles. The van der Waals surface area contributed by atoms with E-state index in [1.54, 1.807) is 29.3 Å². The fourth-order valence-electron chi connectivity index (χ4n) is 6.27. The van der Waals surface area contributed by atoms with E-state index in [0.29, 0.717) is 5.56 Å². The first-order valence-corrected chi connectivity index (χ1v) is 17.9. The van der Waals surface area contributed by atoms with Crippen LogP contribution in [-0.2, 0) is 43.3 Å². The van der Waals surface area contributed by atoms with Gasteiger partial charge in [-0.3, -0.25) is 19.2 Å². The number of carbonyl (C=O) groups is 4. The first-order chi connectivity index (χ1) is 26.7. The van der Waals surface area contributed by atoms with Crippen LogP contribution < -0.4 is 16.0 Å².